The lowest BCUT2D eigenvalue weighted by Crippen LogP contribution is -2.28. The number of allylic oxidation sites excluding steroid dienone is 2. The van der Waals surface area contributed by atoms with Crippen LogP contribution in [-0.4, -0.2) is 8.07 Å². The molecule has 0 N–H and O–H groups in total. The third kappa shape index (κ3) is 3.71. The molecule has 0 amide bonds. The van der Waals surface area contributed by atoms with E-state index in [1.165, 1.54) is 23.7 Å². The Balaban J connectivity index is 2.89. The minimum absolute atomic E-state index is 0.364. The fourth-order valence-corrected chi connectivity index (χ4v) is 5.24. The molecule has 98 valence electrons. The molecule has 0 aliphatic rings. The van der Waals surface area contributed by atoms with Crippen LogP contribution in [0.3, 0.4) is 0 Å². The van der Waals surface area contributed by atoms with Crippen LogP contribution >= 0.6 is 0 Å². The van der Waals surface area contributed by atoms with E-state index in [1.54, 1.807) is 0 Å². The predicted octanol–water partition coefficient (Wildman–Crippen LogP) is 5.56. The predicted molar refractivity (Wildman–Crippen MR) is 85.7 cm³/mol. The van der Waals surface area contributed by atoms with Gasteiger partial charge in [0.05, 0.1) is 8.07 Å². The Kier molecular flexibility index (Phi) is 6.13. The molecule has 1 aromatic carbocycles. The molecule has 0 saturated carbocycles. The van der Waals surface area contributed by atoms with E-state index in [9.17, 15) is 0 Å². The highest BCUT2D eigenvalue weighted by Gasteiger charge is 2.23. The molecule has 0 heterocycles. The molecule has 1 rings (SSSR count). The third-order valence-electron chi connectivity index (χ3n) is 4.21. The molecule has 0 aliphatic carbocycles. The zero-order valence-electron chi connectivity index (χ0n) is 12.0. The summed E-state index contributed by atoms with van der Waals surface area (Å²) >= 11 is 0. The van der Waals surface area contributed by atoms with E-state index in [4.69, 9.17) is 0 Å². The average Bonchev–Trinajstić information content (AvgIpc) is 2.45. The number of rotatable bonds is 7. The highest BCUT2D eigenvalue weighted by Crippen LogP contribution is 2.25. The second kappa shape index (κ2) is 7.37. The molecule has 0 nitrogen and oxygen atoms in total. The zero-order valence-corrected chi connectivity index (χ0v) is 13.0. The van der Waals surface area contributed by atoms with Gasteiger partial charge in [0.25, 0.3) is 0 Å². The maximum atomic E-state index is 3.98. The second-order valence-corrected chi connectivity index (χ2v) is 10.1. The molecule has 0 bridgehead atoms. The van der Waals surface area contributed by atoms with Crippen LogP contribution in [0.4, 0.5) is 0 Å². The fourth-order valence-electron chi connectivity index (χ4n) is 2.41. The van der Waals surface area contributed by atoms with Crippen molar-refractivity contribution in [2.24, 2.45) is 0 Å². The van der Waals surface area contributed by atoms with Crippen molar-refractivity contribution in [3.05, 3.63) is 60.3 Å². The maximum Gasteiger partial charge on any atom is 0.0766 e. The first-order chi connectivity index (χ1) is 8.71. The summed E-state index contributed by atoms with van der Waals surface area (Å²) in [6.07, 6.45) is 4.43. The van der Waals surface area contributed by atoms with Crippen LogP contribution in [-0.2, 0) is 0 Å². The van der Waals surface area contributed by atoms with Crippen LogP contribution < -0.4 is 0 Å². The van der Waals surface area contributed by atoms with Gasteiger partial charge in [0.15, 0.2) is 0 Å². The van der Waals surface area contributed by atoms with E-state index in [0.29, 0.717) is 5.92 Å². The summed E-state index contributed by atoms with van der Waals surface area (Å²) in [7, 11) is -1.16. The molecular formula is C17H26Si. The van der Waals surface area contributed by atoms with Gasteiger partial charge in [-0.2, -0.15) is 0 Å². The van der Waals surface area contributed by atoms with Gasteiger partial charge in [-0.25, -0.2) is 0 Å². The van der Waals surface area contributed by atoms with Gasteiger partial charge < -0.3 is 0 Å². The largest absolute Gasteiger partial charge is 0.102 e. The Morgan fingerprint density at radius 2 is 1.61 bits per heavy atom. The minimum atomic E-state index is -1.16. The summed E-state index contributed by atoms with van der Waals surface area (Å²) in [6, 6.07) is 14.7. The average molecular weight is 258 g/mol. The Bertz CT molecular complexity index is 366. The highest BCUT2D eigenvalue weighted by molar-refractivity contribution is 6.84. The summed E-state index contributed by atoms with van der Waals surface area (Å²) in [6.45, 7) is 11.0. The number of hydrogen-bond donors (Lipinski definition) is 0. The first-order valence-electron chi connectivity index (χ1n) is 7.08. The van der Waals surface area contributed by atoms with Gasteiger partial charge in [-0.15, -0.1) is 6.58 Å². The van der Waals surface area contributed by atoms with Crippen LogP contribution in [0.5, 0.6) is 0 Å². The van der Waals surface area contributed by atoms with Gasteiger partial charge in [-0.05, 0) is 5.56 Å². The SMILES string of the molecule is C=CC(C=C[Si](CC)(CC)CC)c1ccccc1. The van der Waals surface area contributed by atoms with E-state index in [-0.39, 0.29) is 0 Å². The van der Waals surface area contributed by atoms with Gasteiger partial charge >= 0.3 is 0 Å². The number of benzene rings is 1. The van der Waals surface area contributed by atoms with Crippen molar-refractivity contribution >= 4 is 8.07 Å². The minimum Gasteiger partial charge on any atom is -0.102 e. The lowest BCUT2D eigenvalue weighted by Gasteiger charge is -2.24. The summed E-state index contributed by atoms with van der Waals surface area (Å²) in [5.74, 6) is 0.364. The first kappa shape index (κ1) is 15.0. The zero-order chi connectivity index (χ0) is 13.4. The number of hydrogen-bond acceptors (Lipinski definition) is 0. The topological polar surface area (TPSA) is 0 Å². The van der Waals surface area contributed by atoms with E-state index >= 15 is 0 Å². The summed E-state index contributed by atoms with van der Waals surface area (Å²) < 4.78 is 0. The van der Waals surface area contributed by atoms with Crippen LogP contribution in [0.15, 0.2) is 54.8 Å². The van der Waals surface area contributed by atoms with Crippen LogP contribution in [0.2, 0.25) is 18.1 Å². The molecule has 0 saturated heterocycles. The molecule has 1 heteroatoms. The molecule has 1 unspecified atom stereocenters. The van der Waals surface area contributed by atoms with Gasteiger partial charge in [0.2, 0.25) is 0 Å². The van der Waals surface area contributed by atoms with Gasteiger partial charge in [0.1, 0.15) is 0 Å². The van der Waals surface area contributed by atoms with Crippen molar-refractivity contribution < 1.29 is 0 Å². The van der Waals surface area contributed by atoms with Crippen molar-refractivity contribution in [1.82, 2.24) is 0 Å². The molecule has 1 aromatic rings. The summed E-state index contributed by atoms with van der Waals surface area (Å²) in [5.41, 5.74) is 3.89. The quantitative estimate of drug-likeness (QED) is 0.443. The molecule has 1 atom stereocenters. The van der Waals surface area contributed by atoms with Crippen molar-refractivity contribution in [1.29, 1.82) is 0 Å². The molecule has 0 fully saturated rings. The van der Waals surface area contributed by atoms with E-state index in [2.05, 4.69) is 69.5 Å². The van der Waals surface area contributed by atoms with Crippen molar-refractivity contribution in [3.63, 3.8) is 0 Å². The lowest BCUT2D eigenvalue weighted by molar-refractivity contribution is 1.08. The van der Waals surface area contributed by atoms with Crippen LogP contribution in [0, 0.1) is 0 Å². The van der Waals surface area contributed by atoms with Crippen molar-refractivity contribution in [2.75, 3.05) is 0 Å². The Morgan fingerprint density at radius 1 is 1.06 bits per heavy atom. The molecule has 0 spiro atoms. The standard InChI is InChI=1S/C17H26Si/c1-5-16(17-12-10-9-11-13-17)14-15-18(6-2,7-3)8-4/h5,9-16H,1,6-8H2,2-4H3. The molecule has 0 aliphatic heterocycles. The van der Waals surface area contributed by atoms with Crippen molar-refractivity contribution in [3.8, 4) is 0 Å². The van der Waals surface area contributed by atoms with E-state index < -0.39 is 8.07 Å². The van der Waals surface area contributed by atoms with Gasteiger partial charge in [0, 0.05) is 5.92 Å². The molecule has 0 radical (unpaired) electrons. The summed E-state index contributed by atoms with van der Waals surface area (Å²) in [4.78, 5) is 0. The van der Waals surface area contributed by atoms with E-state index in [1.807, 2.05) is 6.08 Å². The normalized spacial score (nSPS) is 13.7. The van der Waals surface area contributed by atoms with Gasteiger partial charge in [-0.3, -0.25) is 0 Å². The Hall–Kier alpha value is -1.08. The monoisotopic (exact) mass is 258 g/mol. The Labute approximate surface area is 113 Å². The maximum absolute atomic E-state index is 3.98. The fraction of sp³-hybridized carbons (Fsp3) is 0.412. The van der Waals surface area contributed by atoms with Crippen LogP contribution in [0.1, 0.15) is 32.3 Å². The smallest absolute Gasteiger partial charge is 0.0766 e. The van der Waals surface area contributed by atoms with Crippen LogP contribution in [0.25, 0.3) is 0 Å². The molecular weight excluding hydrogens is 232 g/mol. The van der Waals surface area contributed by atoms with Gasteiger partial charge in [-0.1, -0.05) is 87.1 Å². The van der Waals surface area contributed by atoms with E-state index in [0.717, 1.165) is 0 Å². The summed E-state index contributed by atoms with van der Waals surface area (Å²) in [5, 5.41) is 0. The lowest BCUT2D eigenvalue weighted by atomic mass is 10.00. The third-order valence-corrected chi connectivity index (χ3v) is 9.33. The van der Waals surface area contributed by atoms with Crippen molar-refractivity contribution in [2.45, 2.75) is 44.8 Å². The first-order valence-corrected chi connectivity index (χ1v) is 9.78. The Morgan fingerprint density at radius 3 is 2.06 bits per heavy atom. The second-order valence-electron chi connectivity index (χ2n) is 4.95. The molecule has 18 heavy (non-hydrogen) atoms. The highest BCUT2D eigenvalue weighted by atomic mass is 28.3. The molecule has 0 aromatic heterocycles.